The molecule has 1 aromatic heterocycles. The van der Waals surface area contributed by atoms with Gasteiger partial charge in [-0.2, -0.15) is 4.31 Å². The largest absolute Gasteiger partial charge is 0.329 e. The van der Waals surface area contributed by atoms with E-state index in [0.29, 0.717) is 29.9 Å². The third-order valence-electron chi connectivity index (χ3n) is 3.90. The fourth-order valence-electron chi connectivity index (χ4n) is 2.67. The van der Waals surface area contributed by atoms with Crippen LogP contribution in [0.1, 0.15) is 32.6 Å². The van der Waals surface area contributed by atoms with Crippen molar-refractivity contribution in [1.29, 1.82) is 0 Å². The summed E-state index contributed by atoms with van der Waals surface area (Å²) in [5, 5.41) is 1.53. The minimum absolute atomic E-state index is 0.319. The Hall–Kier alpha value is -1.50. The zero-order chi connectivity index (χ0) is 16.7. The Kier molecular flexibility index (Phi) is 6.50. The summed E-state index contributed by atoms with van der Waals surface area (Å²) in [7, 11) is -3.55. The first-order valence-corrected chi connectivity index (χ1v) is 9.58. The van der Waals surface area contributed by atoms with E-state index in [1.165, 1.54) is 4.31 Å². The van der Waals surface area contributed by atoms with Gasteiger partial charge in [-0.25, -0.2) is 8.42 Å². The second-order valence-corrected chi connectivity index (χ2v) is 7.51. The number of fused-ring (bicyclic) bond motifs is 1. The molecule has 0 aliphatic rings. The van der Waals surface area contributed by atoms with Gasteiger partial charge in [-0.3, -0.25) is 4.98 Å². The van der Waals surface area contributed by atoms with Crippen molar-refractivity contribution in [1.82, 2.24) is 9.29 Å². The van der Waals surface area contributed by atoms with Gasteiger partial charge in [-0.15, -0.1) is 0 Å². The molecule has 2 N–H and O–H groups in total. The fourth-order valence-corrected chi connectivity index (χ4v) is 4.38. The van der Waals surface area contributed by atoms with Gasteiger partial charge >= 0.3 is 0 Å². The molecule has 0 aliphatic carbocycles. The van der Waals surface area contributed by atoms with Gasteiger partial charge in [0.1, 0.15) is 0 Å². The van der Waals surface area contributed by atoms with Crippen molar-refractivity contribution in [3.63, 3.8) is 0 Å². The van der Waals surface area contributed by atoms with Crippen LogP contribution >= 0.6 is 0 Å². The van der Waals surface area contributed by atoms with Crippen LogP contribution in [0.4, 0.5) is 0 Å². The van der Waals surface area contributed by atoms with Crippen molar-refractivity contribution in [2.45, 2.75) is 37.5 Å². The summed E-state index contributed by atoms with van der Waals surface area (Å²) >= 11 is 0. The van der Waals surface area contributed by atoms with Gasteiger partial charge in [0.15, 0.2) is 0 Å². The fraction of sp³-hybridized carbons (Fsp3) is 0.471. The molecule has 1 aromatic carbocycles. The molecule has 126 valence electrons. The van der Waals surface area contributed by atoms with Gasteiger partial charge in [-0.05, 0) is 18.6 Å². The van der Waals surface area contributed by atoms with Crippen LogP contribution in [0.3, 0.4) is 0 Å². The van der Waals surface area contributed by atoms with E-state index in [1.54, 1.807) is 30.6 Å². The number of unbranched alkanes of at least 4 members (excludes halogenated alkanes) is 3. The van der Waals surface area contributed by atoms with Crippen molar-refractivity contribution >= 4 is 20.8 Å². The van der Waals surface area contributed by atoms with Crippen LogP contribution in [0.25, 0.3) is 10.8 Å². The smallest absolute Gasteiger partial charge is 0.243 e. The quantitative estimate of drug-likeness (QED) is 0.715. The Morgan fingerprint density at radius 2 is 1.96 bits per heavy atom. The summed E-state index contributed by atoms with van der Waals surface area (Å²) < 4.78 is 27.6. The Balaban J connectivity index is 2.32. The molecule has 0 saturated carbocycles. The lowest BCUT2D eigenvalue weighted by Gasteiger charge is -2.22. The number of benzene rings is 1. The lowest BCUT2D eigenvalue weighted by Crippen LogP contribution is -2.36. The summed E-state index contributed by atoms with van der Waals surface area (Å²) in [6, 6.07) is 7.04. The van der Waals surface area contributed by atoms with Crippen LogP contribution in [0.2, 0.25) is 0 Å². The van der Waals surface area contributed by atoms with E-state index in [2.05, 4.69) is 11.9 Å². The van der Waals surface area contributed by atoms with Crippen molar-refractivity contribution in [3.8, 4) is 0 Å². The molecular weight excluding hydrogens is 310 g/mol. The van der Waals surface area contributed by atoms with Gasteiger partial charge in [-0.1, -0.05) is 38.3 Å². The number of sulfonamides is 1. The van der Waals surface area contributed by atoms with E-state index in [9.17, 15) is 8.42 Å². The average molecular weight is 335 g/mol. The summed E-state index contributed by atoms with van der Waals surface area (Å²) in [5.41, 5.74) is 5.63. The maximum Gasteiger partial charge on any atom is 0.243 e. The number of pyridine rings is 1. The number of hydrogen-bond donors (Lipinski definition) is 1. The highest BCUT2D eigenvalue weighted by Crippen LogP contribution is 2.25. The first-order chi connectivity index (χ1) is 11.1. The normalized spacial score (nSPS) is 12.1. The van der Waals surface area contributed by atoms with Crippen molar-refractivity contribution < 1.29 is 8.42 Å². The van der Waals surface area contributed by atoms with Gasteiger partial charge in [0.25, 0.3) is 0 Å². The summed E-state index contributed by atoms with van der Waals surface area (Å²) in [6.07, 6.45) is 7.45. The maximum absolute atomic E-state index is 13.0. The predicted molar refractivity (Wildman–Crippen MR) is 93.7 cm³/mol. The van der Waals surface area contributed by atoms with E-state index in [-0.39, 0.29) is 0 Å². The highest BCUT2D eigenvalue weighted by atomic mass is 32.2. The SMILES string of the molecule is CCCCCCN(CCN)S(=O)(=O)c1cccc2cnccc12. The van der Waals surface area contributed by atoms with Crippen LogP contribution in [0.15, 0.2) is 41.6 Å². The van der Waals surface area contributed by atoms with E-state index < -0.39 is 10.0 Å². The molecule has 23 heavy (non-hydrogen) atoms. The molecule has 0 unspecified atom stereocenters. The zero-order valence-corrected chi connectivity index (χ0v) is 14.4. The molecule has 0 bridgehead atoms. The molecule has 5 nitrogen and oxygen atoms in total. The van der Waals surface area contributed by atoms with E-state index in [1.807, 2.05) is 6.07 Å². The van der Waals surface area contributed by atoms with Crippen LogP contribution < -0.4 is 5.73 Å². The van der Waals surface area contributed by atoms with E-state index in [0.717, 1.165) is 31.1 Å². The van der Waals surface area contributed by atoms with Gasteiger partial charge < -0.3 is 5.73 Å². The van der Waals surface area contributed by atoms with Crippen LogP contribution in [0, 0.1) is 0 Å². The Morgan fingerprint density at radius 1 is 1.13 bits per heavy atom. The van der Waals surface area contributed by atoms with E-state index in [4.69, 9.17) is 5.73 Å². The summed E-state index contributed by atoms with van der Waals surface area (Å²) in [6.45, 7) is 3.31. The van der Waals surface area contributed by atoms with Crippen LogP contribution in [0.5, 0.6) is 0 Å². The first-order valence-electron chi connectivity index (χ1n) is 8.14. The van der Waals surface area contributed by atoms with Crippen molar-refractivity contribution in [3.05, 3.63) is 36.7 Å². The third kappa shape index (κ3) is 4.28. The number of nitrogens with zero attached hydrogens (tertiary/aromatic N) is 2. The highest BCUT2D eigenvalue weighted by Gasteiger charge is 2.25. The molecule has 0 fully saturated rings. The number of rotatable bonds is 9. The monoisotopic (exact) mass is 335 g/mol. The van der Waals surface area contributed by atoms with Crippen LogP contribution in [-0.4, -0.2) is 37.3 Å². The number of aromatic nitrogens is 1. The zero-order valence-electron chi connectivity index (χ0n) is 13.6. The Morgan fingerprint density at radius 3 is 2.70 bits per heavy atom. The lowest BCUT2D eigenvalue weighted by atomic mass is 10.2. The molecule has 6 heteroatoms. The molecule has 0 saturated heterocycles. The molecule has 2 aromatic rings. The summed E-state index contributed by atoms with van der Waals surface area (Å²) in [5.74, 6) is 0. The predicted octanol–water partition coefficient (Wildman–Crippen LogP) is 2.76. The number of hydrogen-bond acceptors (Lipinski definition) is 4. The standard InChI is InChI=1S/C17H25N3O2S/c1-2-3-4-5-12-20(13-10-18)23(21,22)17-8-6-7-15-14-19-11-9-16(15)17/h6-9,11,14H,2-5,10,12-13,18H2,1H3. The minimum Gasteiger partial charge on any atom is -0.329 e. The topological polar surface area (TPSA) is 76.3 Å². The highest BCUT2D eigenvalue weighted by molar-refractivity contribution is 7.89. The van der Waals surface area contributed by atoms with E-state index >= 15 is 0 Å². The molecule has 0 radical (unpaired) electrons. The van der Waals surface area contributed by atoms with Crippen molar-refractivity contribution in [2.75, 3.05) is 19.6 Å². The lowest BCUT2D eigenvalue weighted by molar-refractivity contribution is 0.405. The van der Waals surface area contributed by atoms with Gasteiger partial charge in [0.05, 0.1) is 4.90 Å². The molecule has 0 atom stereocenters. The average Bonchev–Trinajstić information content (AvgIpc) is 2.57. The molecule has 1 heterocycles. The summed E-state index contributed by atoms with van der Waals surface area (Å²) in [4.78, 5) is 4.39. The molecule has 0 amide bonds. The maximum atomic E-state index is 13.0. The second kappa shape index (κ2) is 8.38. The van der Waals surface area contributed by atoms with Gasteiger partial charge in [0, 0.05) is 42.8 Å². The van der Waals surface area contributed by atoms with Gasteiger partial charge in [0.2, 0.25) is 10.0 Å². The Bertz CT molecular complexity index is 726. The van der Waals surface area contributed by atoms with Crippen molar-refractivity contribution in [2.24, 2.45) is 5.73 Å². The first kappa shape index (κ1) is 17.8. The number of nitrogens with two attached hydrogens (primary N) is 1. The molecule has 2 rings (SSSR count). The molecule has 0 spiro atoms. The Labute approximate surface area is 138 Å². The minimum atomic E-state index is -3.55. The third-order valence-corrected chi connectivity index (χ3v) is 5.85. The molecular formula is C17H25N3O2S. The molecule has 0 aliphatic heterocycles. The van der Waals surface area contributed by atoms with Crippen LogP contribution in [-0.2, 0) is 10.0 Å². The second-order valence-electron chi connectivity index (χ2n) is 5.61.